The Morgan fingerprint density at radius 1 is 0.971 bits per heavy atom. The van der Waals surface area contributed by atoms with Gasteiger partial charge in [0, 0.05) is 5.56 Å². The Kier molecular flexibility index (Phi) is 5.40. The van der Waals surface area contributed by atoms with E-state index >= 15 is 0 Å². The van der Waals surface area contributed by atoms with Crippen LogP contribution >= 0.6 is 11.6 Å². The molecule has 0 N–H and O–H groups in total. The molecule has 34 heavy (non-hydrogen) atoms. The molecule has 0 aliphatic rings. The van der Waals surface area contributed by atoms with Crippen molar-refractivity contribution >= 4 is 22.6 Å². The first-order valence-corrected chi connectivity index (χ1v) is 10.1. The molecule has 0 bridgehead atoms. The molecule has 0 spiro atoms. The number of hydrogen-bond donors (Lipinski definition) is 0. The Labute approximate surface area is 193 Å². The first-order chi connectivity index (χ1) is 16.3. The molecule has 0 atom stereocenters. The summed E-state index contributed by atoms with van der Waals surface area (Å²) in [6.45, 7) is 0.274. The van der Waals surface area contributed by atoms with E-state index in [0.717, 1.165) is 5.56 Å². The van der Waals surface area contributed by atoms with Gasteiger partial charge < -0.3 is 9.26 Å². The lowest BCUT2D eigenvalue weighted by Gasteiger charge is -2.10. The smallest absolute Gasteiger partial charge is 0.456 e. The van der Waals surface area contributed by atoms with Crippen molar-refractivity contribution in [3.8, 4) is 22.9 Å². The third-order valence-electron chi connectivity index (χ3n) is 4.83. The topological polar surface area (TPSA) is 78.9 Å². The molecule has 0 amide bonds. The predicted molar refractivity (Wildman–Crippen MR) is 113 cm³/mol. The molecular formula is C22H12ClF4N5O2. The van der Waals surface area contributed by atoms with Gasteiger partial charge in [-0.05, 0) is 42.0 Å². The average molecular weight is 490 g/mol. The van der Waals surface area contributed by atoms with Crippen LogP contribution in [0.25, 0.3) is 22.4 Å². The molecule has 0 fully saturated rings. The van der Waals surface area contributed by atoms with Crippen LogP contribution in [0.1, 0.15) is 11.5 Å². The largest absolute Gasteiger partial charge is 0.471 e. The zero-order valence-corrected chi connectivity index (χ0v) is 17.7. The van der Waals surface area contributed by atoms with Gasteiger partial charge in [0.1, 0.15) is 33.4 Å². The fourth-order valence-corrected chi connectivity index (χ4v) is 3.51. The highest BCUT2D eigenvalue weighted by Crippen LogP contribution is 2.35. The van der Waals surface area contributed by atoms with Crippen molar-refractivity contribution in [2.45, 2.75) is 12.7 Å². The van der Waals surface area contributed by atoms with Gasteiger partial charge in [-0.3, -0.25) is 0 Å². The summed E-state index contributed by atoms with van der Waals surface area (Å²) < 4.78 is 62.8. The summed E-state index contributed by atoms with van der Waals surface area (Å²) in [5.41, 5.74) is 2.20. The van der Waals surface area contributed by atoms with E-state index in [0.29, 0.717) is 28.1 Å². The molecule has 3 aromatic carbocycles. The molecule has 172 valence electrons. The van der Waals surface area contributed by atoms with Crippen molar-refractivity contribution in [1.82, 2.24) is 25.1 Å². The summed E-state index contributed by atoms with van der Waals surface area (Å²) in [6, 6.07) is 15.4. The van der Waals surface area contributed by atoms with E-state index in [1.165, 1.54) is 24.3 Å². The minimum absolute atomic E-state index is 0.171. The highest BCUT2D eigenvalue weighted by molar-refractivity contribution is 6.36. The molecule has 7 nitrogen and oxygen atoms in total. The maximum atomic E-state index is 13.1. The molecule has 0 saturated carbocycles. The molecule has 2 heterocycles. The first kappa shape index (κ1) is 21.8. The average Bonchev–Trinajstić information content (AvgIpc) is 3.46. The minimum Gasteiger partial charge on any atom is -0.456 e. The summed E-state index contributed by atoms with van der Waals surface area (Å²) in [6.07, 6.45) is -4.71. The number of fused-ring (bicyclic) bond motifs is 1. The second kappa shape index (κ2) is 8.41. The lowest BCUT2D eigenvalue weighted by molar-refractivity contribution is -0.159. The van der Waals surface area contributed by atoms with Gasteiger partial charge >= 0.3 is 12.1 Å². The van der Waals surface area contributed by atoms with Crippen molar-refractivity contribution in [3.05, 3.63) is 83.0 Å². The third-order valence-corrected chi connectivity index (χ3v) is 5.20. The SMILES string of the molecule is Fc1ccc(Oc2ccc3nnn(Cc4ccc(-c5noc(C(F)(F)F)n5)cc4)c3c2Cl)cc1. The standard InChI is InChI=1S/C22H12ClF4N5O2/c23-18-17(33-15-7-5-14(24)6-8-15)10-9-16-19(18)32(31-29-16)11-12-1-3-13(4-2-12)20-28-21(34-30-20)22(25,26)27/h1-10H,11H2. The number of nitrogens with zero attached hydrogens (tertiary/aromatic N) is 5. The summed E-state index contributed by atoms with van der Waals surface area (Å²) in [5.74, 6) is -1.21. The Morgan fingerprint density at radius 3 is 2.38 bits per heavy atom. The van der Waals surface area contributed by atoms with E-state index in [-0.39, 0.29) is 23.2 Å². The minimum atomic E-state index is -4.71. The number of alkyl halides is 3. The molecule has 0 aliphatic heterocycles. The van der Waals surface area contributed by atoms with Crippen LogP contribution < -0.4 is 4.74 Å². The molecule has 12 heteroatoms. The molecule has 0 saturated heterocycles. The van der Waals surface area contributed by atoms with Crippen LogP contribution in [0.15, 0.2) is 65.2 Å². The lowest BCUT2D eigenvalue weighted by atomic mass is 10.1. The fourth-order valence-electron chi connectivity index (χ4n) is 3.22. The van der Waals surface area contributed by atoms with Gasteiger partial charge in [0.05, 0.1) is 6.54 Å². The summed E-state index contributed by atoms with van der Waals surface area (Å²) >= 11 is 6.56. The Bertz CT molecular complexity index is 1460. The first-order valence-electron chi connectivity index (χ1n) is 9.73. The highest BCUT2D eigenvalue weighted by atomic mass is 35.5. The molecule has 5 aromatic rings. The van der Waals surface area contributed by atoms with Gasteiger partial charge in [-0.1, -0.05) is 46.2 Å². The summed E-state index contributed by atoms with van der Waals surface area (Å²) in [7, 11) is 0. The van der Waals surface area contributed by atoms with E-state index < -0.39 is 12.1 Å². The van der Waals surface area contributed by atoms with Gasteiger partial charge in [-0.15, -0.1) is 5.10 Å². The van der Waals surface area contributed by atoms with Crippen molar-refractivity contribution in [2.24, 2.45) is 0 Å². The molecule has 0 radical (unpaired) electrons. The van der Waals surface area contributed by atoms with Gasteiger partial charge in [-0.25, -0.2) is 9.07 Å². The van der Waals surface area contributed by atoms with Gasteiger partial charge in [0.25, 0.3) is 0 Å². The van der Waals surface area contributed by atoms with E-state index in [1.807, 2.05) is 0 Å². The zero-order chi connectivity index (χ0) is 23.9. The van der Waals surface area contributed by atoms with Crippen molar-refractivity contribution in [1.29, 1.82) is 0 Å². The highest BCUT2D eigenvalue weighted by Gasteiger charge is 2.38. The van der Waals surface area contributed by atoms with Gasteiger partial charge in [0.2, 0.25) is 5.82 Å². The van der Waals surface area contributed by atoms with Crippen molar-refractivity contribution in [3.63, 3.8) is 0 Å². The summed E-state index contributed by atoms with van der Waals surface area (Å²) in [4.78, 5) is 3.38. The van der Waals surface area contributed by atoms with Crippen molar-refractivity contribution in [2.75, 3.05) is 0 Å². The molecule has 0 unspecified atom stereocenters. The fraction of sp³-hybridized carbons (Fsp3) is 0.0909. The molecule has 0 aliphatic carbocycles. The Balaban J connectivity index is 1.39. The van der Waals surface area contributed by atoms with E-state index in [9.17, 15) is 17.6 Å². The van der Waals surface area contributed by atoms with Crippen LogP contribution in [0.3, 0.4) is 0 Å². The van der Waals surface area contributed by atoms with Gasteiger partial charge in [-0.2, -0.15) is 18.2 Å². The number of aromatic nitrogens is 5. The van der Waals surface area contributed by atoms with E-state index in [4.69, 9.17) is 16.3 Å². The number of rotatable bonds is 5. The van der Waals surface area contributed by atoms with Crippen LogP contribution in [0.4, 0.5) is 17.6 Å². The van der Waals surface area contributed by atoms with E-state index in [1.54, 1.807) is 41.1 Å². The maximum absolute atomic E-state index is 13.1. The number of benzene rings is 3. The van der Waals surface area contributed by atoms with Gasteiger partial charge in [0.15, 0.2) is 0 Å². The molecular weight excluding hydrogens is 478 g/mol. The van der Waals surface area contributed by atoms with Crippen LogP contribution in [-0.4, -0.2) is 25.1 Å². The maximum Gasteiger partial charge on any atom is 0.471 e. The Morgan fingerprint density at radius 2 is 1.71 bits per heavy atom. The monoisotopic (exact) mass is 489 g/mol. The number of halogens is 5. The quantitative estimate of drug-likeness (QED) is 0.276. The Hall–Kier alpha value is -3.99. The second-order valence-corrected chi connectivity index (χ2v) is 7.54. The van der Waals surface area contributed by atoms with Crippen LogP contribution in [0.5, 0.6) is 11.5 Å². The third kappa shape index (κ3) is 4.29. The zero-order valence-electron chi connectivity index (χ0n) is 16.9. The normalized spacial score (nSPS) is 11.8. The molecule has 5 rings (SSSR count). The second-order valence-electron chi connectivity index (χ2n) is 7.17. The summed E-state index contributed by atoms with van der Waals surface area (Å²) in [5, 5.41) is 11.9. The predicted octanol–water partition coefficient (Wildman–Crippen LogP) is 6.13. The molecule has 2 aromatic heterocycles. The van der Waals surface area contributed by atoms with Crippen LogP contribution in [0.2, 0.25) is 5.02 Å². The van der Waals surface area contributed by atoms with Crippen LogP contribution in [-0.2, 0) is 12.7 Å². The lowest BCUT2D eigenvalue weighted by Crippen LogP contribution is -2.04. The number of hydrogen-bond acceptors (Lipinski definition) is 6. The van der Waals surface area contributed by atoms with Crippen LogP contribution in [0, 0.1) is 5.82 Å². The van der Waals surface area contributed by atoms with Crippen molar-refractivity contribution < 1.29 is 26.8 Å². The number of ether oxygens (including phenoxy) is 1. The van der Waals surface area contributed by atoms with E-state index in [2.05, 4.69) is 25.0 Å².